The van der Waals surface area contributed by atoms with Gasteiger partial charge < -0.3 is 14.6 Å². The van der Waals surface area contributed by atoms with Crippen LogP contribution in [0.1, 0.15) is 61.6 Å². The van der Waals surface area contributed by atoms with E-state index in [1.54, 1.807) is 56.3 Å². The Bertz CT molecular complexity index is 1470. The van der Waals surface area contributed by atoms with Crippen molar-refractivity contribution in [2.75, 3.05) is 4.90 Å². The number of ketones is 1. The number of hydrogen-bond acceptors (Lipinski definition) is 6. The molecular weight excluding hydrogens is 506 g/mol. The van der Waals surface area contributed by atoms with Gasteiger partial charge in [-0.05, 0) is 88.6 Å². The summed E-state index contributed by atoms with van der Waals surface area (Å²) < 4.78 is 11.0. The molecule has 1 heterocycles. The summed E-state index contributed by atoms with van der Waals surface area (Å²) in [5.41, 5.74) is 4.07. The molecule has 1 atom stereocenters. The minimum Gasteiger partial charge on any atom is -0.507 e. The van der Waals surface area contributed by atoms with Crippen LogP contribution in [-0.4, -0.2) is 35.0 Å². The number of ether oxygens (including phenoxy) is 2. The van der Waals surface area contributed by atoms with E-state index in [-0.39, 0.29) is 35.9 Å². The van der Waals surface area contributed by atoms with Crippen molar-refractivity contribution in [2.45, 2.75) is 66.2 Å². The van der Waals surface area contributed by atoms with Crippen molar-refractivity contribution >= 4 is 29.1 Å². The molecular formula is C33H35NO6. The second-order valence-electron chi connectivity index (χ2n) is 10.6. The van der Waals surface area contributed by atoms with Crippen LogP contribution in [0.5, 0.6) is 5.75 Å². The van der Waals surface area contributed by atoms with Gasteiger partial charge in [-0.3, -0.25) is 19.3 Å². The van der Waals surface area contributed by atoms with Gasteiger partial charge in [0.05, 0.1) is 30.2 Å². The lowest BCUT2D eigenvalue weighted by Gasteiger charge is -2.26. The number of anilines is 1. The molecule has 0 spiro atoms. The second-order valence-corrected chi connectivity index (χ2v) is 10.6. The summed E-state index contributed by atoms with van der Waals surface area (Å²) in [6.45, 7) is 11.2. The number of Topliss-reactive ketones (excluding diaryl/α,β-unsaturated/α-hetero) is 1. The number of nitrogens with zero attached hydrogens (tertiary/aromatic N) is 1. The highest BCUT2D eigenvalue weighted by Crippen LogP contribution is 2.42. The largest absolute Gasteiger partial charge is 0.507 e. The zero-order chi connectivity index (χ0) is 29.1. The molecule has 7 nitrogen and oxygen atoms in total. The lowest BCUT2D eigenvalue weighted by molar-refractivity contribution is -0.146. The average molecular weight is 542 g/mol. The van der Waals surface area contributed by atoms with Gasteiger partial charge in [-0.1, -0.05) is 42.0 Å². The third kappa shape index (κ3) is 6.09. The Balaban J connectivity index is 1.78. The molecule has 3 aromatic carbocycles. The van der Waals surface area contributed by atoms with E-state index in [4.69, 9.17) is 9.47 Å². The first kappa shape index (κ1) is 28.6. The van der Waals surface area contributed by atoms with Gasteiger partial charge in [0, 0.05) is 11.3 Å². The maximum absolute atomic E-state index is 13.5. The van der Waals surface area contributed by atoms with E-state index in [0.717, 1.165) is 16.7 Å². The van der Waals surface area contributed by atoms with Crippen LogP contribution in [-0.2, 0) is 25.5 Å². The molecule has 3 aromatic rings. The molecule has 1 aliphatic rings. The molecule has 0 bridgehead atoms. The Morgan fingerprint density at radius 2 is 1.62 bits per heavy atom. The summed E-state index contributed by atoms with van der Waals surface area (Å²) in [7, 11) is 0. The van der Waals surface area contributed by atoms with Gasteiger partial charge >= 0.3 is 5.97 Å². The number of aryl methyl sites for hydroxylation is 2. The van der Waals surface area contributed by atoms with Gasteiger partial charge in [0.15, 0.2) is 0 Å². The van der Waals surface area contributed by atoms with Crippen molar-refractivity contribution in [1.82, 2.24) is 0 Å². The Labute approximate surface area is 235 Å². The predicted molar refractivity (Wildman–Crippen MR) is 154 cm³/mol. The molecule has 40 heavy (non-hydrogen) atoms. The van der Waals surface area contributed by atoms with Crippen molar-refractivity contribution in [3.05, 3.63) is 100 Å². The predicted octanol–water partition coefficient (Wildman–Crippen LogP) is 6.21. The van der Waals surface area contributed by atoms with Crippen LogP contribution in [0, 0.1) is 13.8 Å². The number of benzene rings is 3. The Morgan fingerprint density at radius 1 is 0.925 bits per heavy atom. The standard InChI is InChI=1S/C33H35NO6/c1-19(2)39-27-15-12-25(17-22(27)6)31(36)29-30(24-9-7-8-21(5)16-24)34(33(38)32(29)37)26-13-10-23(11-14-26)18-28(35)40-20(3)4/h7-17,19-20,30,36H,18H2,1-6H3/b31-29-. The summed E-state index contributed by atoms with van der Waals surface area (Å²) in [5.74, 6) is -1.42. The smallest absolute Gasteiger partial charge is 0.310 e. The summed E-state index contributed by atoms with van der Waals surface area (Å²) >= 11 is 0. The lowest BCUT2D eigenvalue weighted by atomic mass is 9.93. The SMILES string of the molecule is Cc1cccc(C2/C(=C(/O)c3ccc(OC(C)C)c(C)c3)C(=O)C(=O)N2c2ccc(CC(=O)OC(C)C)cc2)c1. The lowest BCUT2D eigenvalue weighted by Crippen LogP contribution is -2.29. The second kappa shape index (κ2) is 11.8. The van der Waals surface area contributed by atoms with Gasteiger partial charge in [0.25, 0.3) is 11.7 Å². The zero-order valence-corrected chi connectivity index (χ0v) is 23.7. The topological polar surface area (TPSA) is 93.1 Å². The fraction of sp³-hybridized carbons (Fsp3) is 0.303. The van der Waals surface area contributed by atoms with E-state index in [0.29, 0.717) is 22.6 Å². The number of carbonyl (C=O) groups is 3. The number of aliphatic hydroxyl groups is 1. The number of amides is 1. The summed E-state index contributed by atoms with van der Waals surface area (Å²) in [6.07, 6.45) is -0.137. The molecule has 7 heteroatoms. The quantitative estimate of drug-likeness (QED) is 0.158. The van der Waals surface area contributed by atoms with Crippen molar-refractivity contribution in [3.8, 4) is 5.75 Å². The first-order chi connectivity index (χ1) is 19.0. The molecule has 1 N–H and O–H groups in total. The maximum atomic E-state index is 13.5. The van der Waals surface area contributed by atoms with Gasteiger partial charge in [0.1, 0.15) is 11.5 Å². The third-order valence-corrected chi connectivity index (χ3v) is 6.54. The third-order valence-electron chi connectivity index (χ3n) is 6.54. The van der Waals surface area contributed by atoms with Crippen LogP contribution in [0.2, 0.25) is 0 Å². The number of rotatable bonds is 8. The number of carbonyl (C=O) groups excluding carboxylic acids is 3. The molecule has 1 unspecified atom stereocenters. The van der Waals surface area contributed by atoms with Gasteiger partial charge in [0.2, 0.25) is 0 Å². The molecule has 0 aromatic heterocycles. The Morgan fingerprint density at radius 3 is 2.23 bits per heavy atom. The monoisotopic (exact) mass is 541 g/mol. The highest BCUT2D eigenvalue weighted by Gasteiger charge is 2.47. The van der Waals surface area contributed by atoms with Crippen LogP contribution in [0.25, 0.3) is 5.76 Å². The summed E-state index contributed by atoms with van der Waals surface area (Å²) in [6, 6.07) is 18.7. The minimum absolute atomic E-state index is 0.0112. The fourth-order valence-corrected chi connectivity index (χ4v) is 4.84. The van der Waals surface area contributed by atoms with E-state index in [1.165, 1.54) is 4.90 Å². The van der Waals surface area contributed by atoms with Gasteiger partial charge in [-0.25, -0.2) is 0 Å². The highest BCUT2D eigenvalue weighted by atomic mass is 16.5. The van der Waals surface area contributed by atoms with Crippen LogP contribution in [0.4, 0.5) is 5.69 Å². The first-order valence-electron chi connectivity index (χ1n) is 13.4. The minimum atomic E-state index is -0.844. The van der Waals surface area contributed by atoms with Crippen molar-refractivity contribution in [3.63, 3.8) is 0 Å². The van der Waals surface area contributed by atoms with Crippen LogP contribution < -0.4 is 9.64 Å². The normalized spacial score (nSPS) is 16.6. The van der Waals surface area contributed by atoms with Gasteiger partial charge in [-0.15, -0.1) is 0 Å². The number of hydrogen-bond donors (Lipinski definition) is 1. The van der Waals surface area contributed by atoms with Crippen molar-refractivity contribution in [1.29, 1.82) is 0 Å². The van der Waals surface area contributed by atoms with Crippen molar-refractivity contribution < 1.29 is 29.0 Å². The van der Waals surface area contributed by atoms with Crippen LogP contribution >= 0.6 is 0 Å². The number of aliphatic hydroxyl groups excluding tert-OH is 1. The molecule has 0 aliphatic carbocycles. The summed E-state index contributed by atoms with van der Waals surface area (Å²) in [5, 5.41) is 11.5. The molecule has 1 fully saturated rings. The molecule has 0 saturated carbocycles. The van der Waals surface area contributed by atoms with Gasteiger partial charge in [-0.2, -0.15) is 0 Å². The Hall–Kier alpha value is -4.39. The molecule has 1 aliphatic heterocycles. The fourth-order valence-electron chi connectivity index (χ4n) is 4.84. The maximum Gasteiger partial charge on any atom is 0.310 e. The van der Waals surface area contributed by atoms with E-state index in [1.807, 2.05) is 52.0 Å². The Kier molecular flexibility index (Phi) is 8.43. The van der Waals surface area contributed by atoms with Crippen molar-refractivity contribution in [2.24, 2.45) is 0 Å². The molecule has 0 radical (unpaired) electrons. The molecule has 1 saturated heterocycles. The van der Waals surface area contributed by atoms with E-state index in [9.17, 15) is 19.5 Å². The zero-order valence-electron chi connectivity index (χ0n) is 23.7. The molecule has 1 amide bonds. The number of esters is 1. The van der Waals surface area contributed by atoms with Crippen LogP contribution in [0.3, 0.4) is 0 Å². The van der Waals surface area contributed by atoms with Crippen LogP contribution in [0.15, 0.2) is 72.3 Å². The average Bonchev–Trinajstić information content (AvgIpc) is 3.15. The molecule has 4 rings (SSSR count). The van der Waals surface area contributed by atoms with E-state index >= 15 is 0 Å². The molecule has 208 valence electrons. The summed E-state index contributed by atoms with van der Waals surface area (Å²) in [4.78, 5) is 40.5. The first-order valence-corrected chi connectivity index (χ1v) is 13.4. The van der Waals surface area contributed by atoms with E-state index < -0.39 is 17.7 Å². The highest BCUT2D eigenvalue weighted by molar-refractivity contribution is 6.51. The van der Waals surface area contributed by atoms with E-state index in [2.05, 4.69) is 0 Å².